The Bertz CT molecular complexity index is 331. The van der Waals surface area contributed by atoms with E-state index in [1.807, 2.05) is 18.2 Å². The van der Waals surface area contributed by atoms with E-state index in [0.29, 0.717) is 0 Å². The molecule has 0 amide bonds. The van der Waals surface area contributed by atoms with E-state index in [0.717, 1.165) is 42.5 Å². The van der Waals surface area contributed by atoms with E-state index in [2.05, 4.69) is 18.5 Å². The third-order valence-electron chi connectivity index (χ3n) is 2.38. The van der Waals surface area contributed by atoms with Crippen LogP contribution in [0.4, 0.5) is 0 Å². The van der Waals surface area contributed by atoms with Gasteiger partial charge in [-0.2, -0.15) is 11.8 Å². The summed E-state index contributed by atoms with van der Waals surface area (Å²) in [6, 6.07) is 5.94. The van der Waals surface area contributed by atoms with Crippen LogP contribution in [-0.2, 0) is 6.54 Å². The number of hydrogen-bond donors (Lipinski definition) is 1. The van der Waals surface area contributed by atoms with E-state index in [9.17, 15) is 0 Å². The highest BCUT2D eigenvalue weighted by atomic mass is 32.2. The van der Waals surface area contributed by atoms with Crippen molar-refractivity contribution in [3.05, 3.63) is 23.8 Å². The molecule has 0 saturated heterocycles. The molecule has 17 heavy (non-hydrogen) atoms. The maximum atomic E-state index is 5.76. The summed E-state index contributed by atoms with van der Waals surface area (Å²) in [5.41, 5.74) is 1.15. The van der Waals surface area contributed by atoms with Gasteiger partial charge in [0.15, 0.2) is 0 Å². The summed E-state index contributed by atoms with van der Waals surface area (Å²) in [4.78, 5) is 0. The molecule has 0 radical (unpaired) electrons. The fraction of sp³-hybridized carbons (Fsp3) is 0.538. The summed E-state index contributed by atoms with van der Waals surface area (Å²) in [7, 11) is 1.68. The van der Waals surface area contributed by atoms with Crippen LogP contribution in [0.2, 0.25) is 0 Å². The van der Waals surface area contributed by atoms with Gasteiger partial charge in [-0.3, -0.25) is 0 Å². The zero-order valence-corrected chi connectivity index (χ0v) is 11.6. The first-order valence-electron chi connectivity index (χ1n) is 5.81. The third kappa shape index (κ3) is 4.88. The summed E-state index contributed by atoms with van der Waals surface area (Å²) in [6.07, 6.45) is 2.08. The van der Waals surface area contributed by atoms with E-state index in [-0.39, 0.29) is 0 Å². The largest absolute Gasteiger partial charge is 0.497 e. The number of rotatable bonds is 8. The van der Waals surface area contributed by atoms with Crippen molar-refractivity contribution >= 4 is 11.8 Å². The molecule has 1 rings (SSSR count). The lowest BCUT2D eigenvalue weighted by Gasteiger charge is -2.13. The van der Waals surface area contributed by atoms with Crippen LogP contribution >= 0.6 is 11.8 Å². The number of methoxy groups -OCH3 is 1. The van der Waals surface area contributed by atoms with Crippen LogP contribution in [0, 0.1) is 0 Å². The van der Waals surface area contributed by atoms with Crippen LogP contribution in [-0.4, -0.2) is 32.3 Å². The van der Waals surface area contributed by atoms with Crippen LogP contribution in [0.3, 0.4) is 0 Å². The van der Waals surface area contributed by atoms with Gasteiger partial charge in [-0.1, -0.05) is 6.92 Å². The lowest BCUT2D eigenvalue weighted by atomic mass is 10.2. The molecule has 0 aliphatic rings. The molecule has 0 aliphatic carbocycles. The van der Waals surface area contributed by atoms with Gasteiger partial charge >= 0.3 is 0 Å². The molecule has 3 nitrogen and oxygen atoms in total. The molecule has 1 aromatic carbocycles. The first-order chi connectivity index (χ1) is 8.31. The van der Waals surface area contributed by atoms with Gasteiger partial charge in [0.25, 0.3) is 0 Å². The van der Waals surface area contributed by atoms with E-state index in [1.165, 1.54) is 0 Å². The highest BCUT2D eigenvalue weighted by Gasteiger charge is 2.05. The average Bonchev–Trinajstić information content (AvgIpc) is 2.37. The molecule has 0 fully saturated rings. The molecule has 0 atom stereocenters. The number of thioether (sulfide) groups is 1. The molecule has 1 aromatic rings. The van der Waals surface area contributed by atoms with Crippen molar-refractivity contribution in [1.82, 2.24) is 5.32 Å². The molecule has 0 aromatic heterocycles. The Balaban J connectivity index is 2.71. The maximum Gasteiger partial charge on any atom is 0.124 e. The average molecular weight is 255 g/mol. The van der Waals surface area contributed by atoms with Gasteiger partial charge in [0, 0.05) is 17.9 Å². The van der Waals surface area contributed by atoms with Crippen molar-refractivity contribution in [2.24, 2.45) is 0 Å². The van der Waals surface area contributed by atoms with Gasteiger partial charge in [-0.15, -0.1) is 0 Å². The predicted octanol–water partition coefficient (Wildman–Crippen LogP) is 2.55. The molecule has 0 spiro atoms. The van der Waals surface area contributed by atoms with Crippen LogP contribution in [0.1, 0.15) is 12.5 Å². The van der Waals surface area contributed by atoms with Gasteiger partial charge in [-0.05, 0) is 31.0 Å². The Kier molecular flexibility index (Phi) is 6.89. The Morgan fingerprint density at radius 3 is 2.82 bits per heavy atom. The number of hydrogen-bond acceptors (Lipinski definition) is 4. The quantitative estimate of drug-likeness (QED) is 0.723. The van der Waals surface area contributed by atoms with Crippen LogP contribution < -0.4 is 14.8 Å². The van der Waals surface area contributed by atoms with Crippen LogP contribution in [0.5, 0.6) is 11.5 Å². The zero-order chi connectivity index (χ0) is 12.5. The van der Waals surface area contributed by atoms with E-state index >= 15 is 0 Å². The molecule has 4 heteroatoms. The predicted molar refractivity (Wildman–Crippen MR) is 74.3 cm³/mol. The molecule has 1 N–H and O–H groups in total. The van der Waals surface area contributed by atoms with Crippen molar-refractivity contribution in [3.63, 3.8) is 0 Å². The molecule has 0 saturated carbocycles. The normalized spacial score (nSPS) is 10.3. The van der Waals surface area contributed by atoms with Gasteiger partial charge < -0.3 is 14.8 Å². The van der Waals surface area contributed by atoms with E-state index in [1.54, 1.807) is 18.9 Å². The number of ether oxygens (including phenoxy) is 2. The Hall–Kier alpha value is -0.870. The molecular weight excluding hydrogens is 234 g/mol. The first-order valence-corrected chi connectivity index (χ1v) is 7.20. The van der Waals surface area contributed by atoms with Gasteiger partial charge in [0.05, 0.1) is 13.7 Å². The highest BCUT2D eigenvalue weighted by Crippen LogP contribution is 2.24. The molecule has 96 valence electrons. The van der Waals surface area contributed by atoms with Crippen molar-refractivity contribution in [2.75, 3.05) is 32.3 Å². The third-order valence-corrected chi connectivity index (χ3v) is 2.95. The van der Waals surface area contributed by atoms with Crippen molar-refractivity contribution < 1.29 is 9.47 Å². The standard InChI is InChI=1S/C13H21NO2S/c1-4-14-10-11-9-12(15-2)5-6-13(11)16-7-8-17-3/h5-6,9,14H,4,7-8,10H2,1-3H3. The van der Waals surface area contributed by atoms with Gasteiger partial charge in [-0.25, -0.2) is 0 Å². The molecule has 0 bridgehead atoms. The second kappa shape index (κ2) is 8.25. The summed E-state index contributed by atoms with van der Waals surface area (Å²) in [5.74, 6) is 2.82. The second-order valence-electron chi connectivity index (χ2n) is 3.60. The summed E-state index contributed by atoms with van der Waals surface area (Å²) < 4.78 is 11.0. The van der Waals surface area contributed by atoms with Gasteiger partial charge in [0.2, 0.25) is 0 Å². The topological polar surface area (TPSA) is 30.5 Å². The fourth-order valence-corrected chi connectivity index (χ4v) is 1.71. The minimum absolute atomic E-state index is 0.743. The maximum absolute atomic E-state index is 5.76. The minimum atomic E-state index is 0.743. The van der Waals surface area contributed by atoms with E-state index in [4.69, 9.17) is 9.47 Å². The van der Waals surface area contributed by atoms with Crippen LogP contribution in [0.15, 0.2) is 18.2 Å². The van der Waals surface area contributed by atoms with Crippen molar-refractivity contribution in [3.8, 4) is 11.5 Å². The Morgan fingerprint density at radius 1 is 1.35 bits per heavy atom. The smallest absolute Gasteiger partial charge is 0.124 e. The summed E-state index contributed by atoms with van der Waals surface area (Å²) >= 11 is 1.79. The van der Waals surface area contributed by atoms with Crippen molar-refractivity contribution in [1.29, 1.82) is 0 Å². The zero-order valence-electron chi connectivity index (χ0n) is 10.8. The molecule has 0 aliphatic heterocycles. The Morgan fingerprint density at radius 2 is 2.18 bits per heavy atom. The van der Waals surface area contributed by atoms with Gasteiger partial charge in [0.1, 0.15) is 11.5 Å². The molecular formula is C13H21NO2S. The monoisotopic (exact) mass is 255 g/mol. The first kappa shape index (κ1) is 14.2. The lowest BCUT2D eigenvalue weighted by Crippen LogP contribution is -2.13. The number of benzene rings is 1. The Labute approximate surface area is 108 Å². The molecule has 0 unspecified atom stereocenters. The number of nitrogens with one attached hydrogen (secondary N) is 1. The highest BCUT2D eigenvalue weighted by molar-refractivity contribution is 7.98. The van der Waals surface area contributed by atoms with Crippen LogP contribution in [0.25, 0.3) is 0 Å². The second-order valence-corrected chi connectivity index (χ2v) is 4.58. The molecule has 0 heterocycles. The fourth-order valence-electron chi connectivity index (χ4n) is 1.46. The van der Waals surface area contributed by atoms with Crippen molar-refractivity contribution in [2.45, 2.75) is 13.5 Å². The summed E-state index contributed by atoms with van der Waals surface area (Å²) in [5, 5.41) is 3.31. The minimum Gasteiger partial charge on any atom is -0.497 e. The SMILES string of the molecule is CCNCc1cc(OC)ccc1OCCSC. The summed E-state index contributed by atoms with van der Waals surface area (Å²) in [6.45, 7) is 4.59. The van der Waals surface area contributed by atoms with E-state index < -0.39 is 0 Å². The lowest BCUT2D eigenvalue weighted by molar-refractivity contribution is 0.337.